The van der Waals surface area contributed by atoms with Crippen molar-refractivity contribution in [2.24, 2.45) is 0 Å². The molecule has 6 nitrogen and oxygen atoms in total. The van der Waals surface area contributed by atoms with Crippen molar-refractivity contribution < 1.29 is 4.79 Å². The number of hydrogen-bond donors (Lipinski definition) is 2. The molecule has 1 aromatic carbocycles. The van der Waals surface area contributed by atoms with E-state index in [-0.39, 0.29) is 11.6 Å². The van der Waals surface area contributed by atoms with Crippen LogP contribution in [0.3, 0.4) is 0 Å². The van der Waals surface area contributed by atoms with Crippen LogP contribution < -0.4 is 11.1 Å². The van der Waals surface area contributed by atoms with E-state index in [9.17, 15) is 4.79 Å². The molecule has 2 heterocycles. The van der Waals surface area contributed by atoms with Gasteiger partial charge in [-0.1, -0.05) is 11.3 Å². The number of hydrogen-bond acceptors (Lipinski definition) is 6. The van der Waals surface area contributed by atoms with Crippen LogP contribution >= 0.6 is 11.3 Å². The van der Waals surface area contributed by atoms with E-state index in [0.717, 1.165) is 10.2 Å². The van der Waals surface area contributed by atoms with E-state index in [1.807, 2.05) is 12.1 Å². The summed E-state index contributed by atoms with van der Waals surface area (Å²) in [6, 6.07) is 5.42. The lowest BCUT2D eigenvalue weighted by molar-refractivity contribution is 0.102. The topological polar surface area (TPSA) is 93.8 Å². The van der Waals surface area contributed by atoms with Crippen molar-refractivity contribution in [2.75, 3.05) is 11.1 Å². The molecule has 0 saturated heterocycles. The molecule has 0 spiro atoms. The zero-order valence-corrected chi connectivity index (χ0v) is 10.5. The first-order valence-electron chi connectivity index (χ1n) is 5.46. The van der Waals surface area contributed by atoms with Gasteiger partial charge < -0.3 is 5.73 Å². The highest BCUT2D eigenvalue weighted by Crippen LogP contribution is 2.27. The van der Waals surface area contributed by atoms with E-state index >= 15 is 0 Å². The van der Waals surface area contributed by atoms with Gasteiger partial charge in [0.25, 0.3) is 5.91 Å². The van der Waals surface area contributed by atoms with Gasteiger partial charge >= 0.3 is 0 Å². The minimum Gasteiger partial charge on any atom is -0.399 e. The molecule has 0 unspecified atom stereocenters. The van der Waals surface area contributed by atoms with E-state index in [2.05, 4.69) is 20.3 Å². The summed E-state index contributed by atoms with van der Waals surface area (Å²) < 4.78 is 0.925. The number of nitrogens with zero attached hydrogens (tertiary/aromatic N) is 3. The number of anilines is 2. The zero-order valence-electron chi connectivity index (χ0n) is 9.70. The van der Waals surface area contributed by atoms with Crippen LogP contribution in [0.1, 0.15) is 10.5 Å². The molecule has 0 atom stereocenters. The second kappa shape index (κ2) is 4.62. The summed E-state index contributed by atoms with van der Waals surface area (Å²) in [7, 11) is 0. The Morgan fingerprint density at radius 1 is 1.32 bits per heavy atom. The summed E-state index contributed by atoms with van der Waals surface area (Å²) in [5.41, 5.74) is 7.42. The van der Waals surface area contributed by atoms with Gasteiger partial charge in [0.15, 0.2) is 5.13 Å². The summed E-state index contributed by atoms with van der Waals surface area (Å²) in [6.45, 7) is 0. The molecule has 1 amide bonds. The SMILES string of the molecule is Nc1ccc2nc(NC(=O)c3cnccn3)sc2c1. The Kier molecular flexibility index (Phi) is 2.81. The van der Waals surface area contributed by atoms with Crippen LogP contribution in [0, 0.1) is 0 Å². The number of aromatic nitrogens is 3. The number of fused-ring (bicyclic) bond motifs is 1. The third-order valence-corrected chi connectivity index (χ3v) is 3.36. The molecule has 0 aliphatic carbocycles. The number of carbonyl (C=O) groups is 1. The van der Waals surface area contributed by atoms with Crippen molar-refractivity contribution in [2.45, 2.75) is 0 Å². The van der Waals surface area contributed by atoms with Crippen molar-refractivity contribution >= 4 is 38.3 Å². The Morgan fingerprint density at radius 2 is 2.21 bits per heavy atom. The summed E-state index contributed by atoms with van der Waals surface area (Å²) in [4.78, 5) is 24.0. The molecule has 0 aliphatic rings. The smallest absolute Gasteiger partial charge is 0.277 e. The van der Waals surface area contributed by atoms with E-state index in [0.29, 0.717) is 10.8 Å². The number of carbonyl (C=O) groups excluding carboxylic acids is 1. The maximum absolute atomic E-state index is 11.9. The van der Waals surface area contributed by atoms with Crippen molar-refractivity contribution in [1.29, 1.82) is 0 Å². The zero-order chi connectivity index (χ0) is 13.2. The van der Waals surface area contributed by atoms with Crippen LogP contribution in [0.5, 0.6) is 0 Å². The van der Waals surface area contributed by atoms with Crippen LogP contribution in [0.2, 0.25) is 0 Å². The molecule has 3 N–H and O–H groups in total. The average Bonchev–Trinajstić information content (AvgIpc) is 2.81. The van der Waals surface area contributed by atoms with Gasteiger partial charge in [-0.3, -0.25) is 15.1 Å². The third kappa shape index (κ3) is 2.36. The Morgan fingerprint density at radius 3 is 3.00 bits per heavy atom. The Hall–Kier alpha value is -2.54. The minimum atomic E-state index is -0.333. The molecule has 0 saturated carbocycles. The van der Waals surface area contributed by atoms with Gasteiger partial charge in [0, 0.05) is 18.1 Å². The predicted molar refractivity (Wildman–Crippen MR) is 74.0 cm³/mol. The van der Waals surface area contributed by atoms with Gasteiger partial charge in [0.05, 0.1) is 16.4 Å². The number of thiazole rings is 1. The second-order valence-corrected chi connectivity index (χ2v) is 4.82. The first-order valence-corrected chi connectivity index (χ1v) is 6.27. The molecule has 0 radical (unpaired) electrons. The average molecular weight is 271 g/mol. The highest BCUT2D eigenvalue weighted by molar-refractivity contribution is 7.22. The third-order valence-electron chi connectivity index (χ3n) is 2.43. The van der Waals surface area contributed by atoms with Gasteiger partial charge in [0.1, 0.15) is 5.69 Å². The van der Waals surface area contributed by atoms with E-state index in [4.69, 9.17) is 5.73 Å². The lowest BCUT2D eigenvalue weighted by atomic mass is 10.3. The Bertz CT molecular complexity index is 740. The summed E-state index contributed by atoms with van der Waals surface area (Å²) in [6.07, 6.45) is 4.38. The maximum Gasteiger partial charge on any atom is 0.277 e. The van der Waals surface area contributed by atoms with Gasteiger partial charge in [-0.15, -0.1) is 0 Å². The molecule has 7 heteroatoms. The Labute approximate surface area is 112 Å². The van der Waals surface area contributed by atoms with Crippen molar-refractivity contribution in [3.8, 4) is 0 Å². The molecular weight excluding hydrogens is 262 g/mol. The van der Waals surface area contributed by atoms with E-state index in [1.165, 1.54) is 29.9 Å². The molecule has 0 bridgehead atoms. The predicted octanol–water partition coefficient (Wildman–Crippen LogP) is 1.92. The van der Waals surface area contributed by atoms with Crippen LogP contribution in [-0.2, 0) is 0 Å². The van der Waals surface area contributed by atoms with E-state index < -0.39 is 0 Å². The van der Waals surface area contributed by atoms with Crippen LogP contribution in [-0.4, -0.2) is 20.9 Å². The van der Waals surface area contributed by atoms with Gasteiger partial charge in [0.2, 0.25) is 0 Å². The lowest BCUT2D eigenvalue weighted by Gasteiger charge is -1.98. The molecule has 19 heavy (non-hydrogen) atoms. The first-order chi connectivity index (χ1) is 9.22. The molecule has 94 valence electrons. The molecule has 0 fully saturated rings. The molecule has 0 aliphatic heterocycles. The number of amides is 1. The Balaban J connectivity index is 1.87. The summed E-state index contributed by atoms with van der Waals surface area (Å²) >= 11 is 1.36. The fourth-order valence-electron chi connectivity index (χ4n) is 1.57. The molecule has 3 aromatic rings. The minimum absolute atomic E-state index is 0.251. The maximum atomic E-state index is 11.9. The number of rotatable bonds is 2. The number of benzene rings is 1. The second-order valence-electron chi connectivity index (χ2n) is 3.79. The van der Waals surface area contributed by atoms with Crippen LogP contribution in [0.25, 0.3) is 10.2 Å². The quantitative estimate of drug-likeness (QED) is 0.694. The van der Waals surface area contributed by atoms with Gasteiger partial charge in [-0.25, -0.2) is 9.97 Å². The standard InChI is InChI=1S/C12H9N5OS/c13-7-1-2-8-10(5-7)19-12(16-8)17-11(18)9-6-14-3-4-15-9/h1-6H,13H2,(H,16,17,18). The monoisotopic (exact) mass is 271 g/mol. The number of nitrogens with one attached hydrogen (secondary N) is 1. The van der Waals surface area contributed by atoms with Crippen LogP contribution in [0.15, 0.2) is 36.8 Å². The van der Waals surface area contributed by atoms with Crippen molar-refractivity contribution in [3.05, 3.63) is 42.5 Å². The fourth-order valence-corrected chi connectivity index (χ4v) is 2.48. The largest absolute Gasteiger partial charge is 0.399 e. The summed E-state index contributed by atoms with van der Waals surface area (Å²) in [5, 5.41) is 3.20. The van der Waals surface area contributed by atoms with Crippen molar-refractivity contribution in [1.82, 2.24) is 15.0 Å². The first kappa shape index (κ1) is 11.5. The highest BCUT2D eigenvalue weighted by Gasteiger charge is 2.10. The van der Waals surface area contributed by atoms with Crippen LogP contribution in [0.4, 0.5) is 10.8 Å². The number of nitrogen functional groups attached to an aromatic ring is 1. The fraction of sp³-hybridized carbons (Fsp3) is 0. The normalized spacial score (nSPS) is 10.5. The molecule has 2 aromatic heterocycles. The molecule has 3 rings (SSSR count). The number of nitrogens with two attached hydrogens (primary N) is 1. The van der Waals surface area contributed by atoms with Gasteiger partial charge in [-0.05, 0) is 18.2 Å². The van der Waals surface area contributed by atoms with Gasteiger partial charge in [-0.2, -0.15) is 0 Å². The van der Waals surface area contributed by atoms with Crippen molar-refractivity contribution in [3.63, 3.8) is 0 Å². The molecular formula is C12H9N5OS. The summed E-state index contributed by atoms with van der Waals surface area (Å²) in [5.74, 6) is -0.333. The lowest BCUT2D eigenvalue weighted by Crippen LogP contribution is -2.13. The highest BCUT2D eigenvalue weighted by atomic mass is 32.1. The van der Waals surface area contributed by atoms with E-state index in [1.54, 1.807) is 6.07 Å².